The zero-order valence-electron chi connectivity index (χ0n) is 11.5. The van der Waals surface area contributed by atoms with Gasteiger partial charge >= 0.3 is 0 Å². The number of amides is 1. The molecule has 1 atom stereocenters. The average molecular weight is 331 g/mol. The lowest BCUT2D eigenvalue weighted by Crippen LogP contribution is -2.42. The first-order chi connectivity index (χ1) is 8.97. The van der Waals surface area contributed by atoms with E-state index in [1.165, 1.54) is 6.07 Å². The average Bonchev–Trinajstić information content (AvgIpc) is 2.39. The molecule has 0 spiro atoms. The van der Waals surface area contributed by atoms with Crippen LogP contribution in [0.25, 0.3) is 0 Å². The van der Waals surface area contributed by atoms with E-state index in [9.17, 15) is 9.18 Å². The predicted molar refractivity (Wildman–Crippen MR) is 79.7 cm³/mol. The molecule has 0 aliphatic rings. The lowest BCUT2D eigenvalue weighted by molar-refractivity contribution is -0.122. The number of halogens is 2. The van der Waals surface area contributed by atoms with Crippen molar-refractivity contribution in [2.75, 3.05) is 5.32 Å². The zero-order valence-corrected chi connectivity index (χ0v) is 13.1. The fourth-order valence-corrected chi connectivity index (χ4v) is 2.09. The van der Waals surface area contributed by atoms with Gasteiger partial charge in [0.2, 0.25) is 5.91 Å². The molecule has 1 aromatic rings. The van der Waals surface area contributed by atoms with E-state index in [-0.39, 0.29) is 17.8 Å². The van der Waals surface area contributed by atoms with Gasteiger partial charge in [-0.15, -0.1) is 0 Å². The van der Waals surface area contributed by atoms with Gasteiger partial charge in [0.15, 0.2) is 0 Å². The monoisotopic (exact) mass is 330 g/mol. The Kier molecular flexibility index (Phi) is 6.28. The molecule has 0 saturated carbocycles. The Balaban J connectivity index is 2.65. The molecular weight excluding hydrogens is 311 g/mol. The van der Waals surface area contributed by atoms with E-state index in [0.29, 0.717) is 5.69 Å². The fourth-order valence-electron chi connectivity index (χ4n) is 1.73. The van der Waals surface area contributed by atoms with E-state index in [4.69, 9.17) is 0 Å². The van der Waals surface area contributed by atoms with Crippen LogP contribution >= 0.6 is 15.9 Å². The molecule has 19 heavy (non-hydrogen) atoms. The van der Waals surface area contributed by atoms with Gasteiger partial charge in [0.25, 0.3) is 0 Å². The van der Waals surface area contributed by atoms with Crippen LogP contribution in [0.4, 0.5) is 10.1 Å². The van der Waals surface area contributed by atoms with E-state index in [0.717, 1.165) is 17.3 Å². The van der Waals surface area contributed by atoms with Gasteiger partial charge in [-0.05, 0) is 38.0 Å². The number of nitrogens with one attached hydrogen (secondary N) is 2. The smallest absolute Gasteiger partial charge is 0.242 e. The third kappa shape index (κ3) is 4.82. The molecule has 0 aromatic heterocycles. The standard InChI is InChI=1S/C14H20BrFN2O/c1-4-11(5-2)18-14(19)9(3)17-13-8-10(15)6-7-12(13)16/h6-9,11,17H,4-5H2,1-3H3,(H,18,19). The summed E-state index contributed by atoms with van der Waals surface area (Å²) in [6.07, 6.45) is 1.78. The molecule has 0 saturated heterocycles. The fraction of sp³-hybridized carbons (Fsp3) is 0.500. The summed E-state index contributed by atoms with van der Waals surface area (Å²) in [6.45, 7) is 5.78. The summed E-state index contributed by atoms with van der Waals surface area (Å²) in [5.41, 5.74) is 0.321. The Bertz CT molecular complexity index is 435. The van der Waals surface area contributed by atoms with Crippen LogP contribution in [0, 0.1) is 5.82 Å². The lowest BCUT2D eigenvalue weighted by Gasteiger charge is -2.20. The number of anilines is 1. The largest absolute Gasteiger partial charge is 0.371 e. The van der Waals surface area contributed by atoms with Gasteiger partial charge in [0, 0.05) is 10.5 Å². The molecule has 3 nitrogen and oxygen atoms in total. The second kappa shape index (κ2) is 7.48. The highest BCUT2D eigenvalue weighted by Gasteiger charge is 2.16. The minimum absolute atomic E-state index is 0.118. The van der Waals surface area contributed by atoms with Crippen molar-refractivity contribution in [1.82, 2.24) is 5.32 Å². The Hall–Kier alpha value is -1.10. The van der Waals surface area contributed by atoms with Crippen LogP contribution in [0.5, 0.6) is 0 Å². The van der Waals surface area contributed by atoms with Gasteiger partial charge < -0.3 is 10.6 Å². The van der Waals surface area contributed by atoms with Crippen molar-refractivity contribution in [2.24, 2.45) is 0 Å². The van der Waals surface area contributed by atoms with E-state index in [1.54, 1.807) is 19.1 Å². The summed E-state index contributed by atoms with van der Waals surface area (Å²) < 4.78 is 14.3. The van der Waals surface area contributed by atoms with Crippen LogP contribution in [-0.4, -0.2) is 18.0 Å². The Morgan fingerprint density at radius 3 is 2.58 bits per heavy atom. The maximum absolute atomic E-state index is 13.6. The summed E-state index contributed by atoms with van der Waals surface area (Å²) in [7, 11) is 0. The van der Waals surface area contributed by atoms with Gasteiger partial charge in [-0.1, -0.05) is 29.8 Å². The molecule has 0 fully saturated rings. The molecule has 5 heteroatoms. The Morgan fingerprint density at radius 2 is 2.00 bits per heavy atom. The molecular formula is C14H20BrFN2O. The summed E-state index contributed by atoms with van der Waals surface area (Å²) >= 11 is 3.28. The number of rotatable bonds is 6. The molecule has 0 aliphatic heterocycles. The number of carbonyl (C=O) groups excluding carboxylic acids is 1. The maximum Gasteiger partial charge on any atom is 0.242 e. The van der Waals surface area contributed by atoms with Crippen LogP contribution in [0.3, 0.4) is 0 Å². The number of carbonyl (C=O) groups is 1. The van der Waals surface area contributed by atoms with Crippen LogP contribution in [0.15, 0.2) is 22.7 Å². The van der Waals surface area contributed by atoms with Crippen molar-refractivity contribution < 1.29 is 9.18 Å². The normalized spacial score (nSPS) is 12.3. The molecule has 106 valence electrons. The first kappa shape index (κ1) is 16.0. The van der Waals surface area contributed by atoms with E-state index in [2.05, 4.69) is 26.6 Å². The summed E-state index contributed by atoms with van der Waals surface area (Å²) in [5.74, 6) is -0.488. The van der Waals surface area contributed by atoms with Crippen molar-refractivity contribution in [3.8, 4) is 0 Å². The molecule has 2 N–H and O–H groups in total. The Morgan fingerprint density at radius 1 is 1.37 bits per heavy atom. The van der Waals surface area contributed by atoms with Crippen molar-refractivity contribution in [3.63, 3.8) is 0 Å². The van der Waals surface area contributed by atoms with Crippen LogP contribution < -0.4 is 10.6 Å². The van der Waals surface area contributed by atoms with Gasteiger partial charge in [-0.3, -0.25) is 4.79 Å². The van der Waals surface area contributed by atoms with Crippen LogP contribution in [0.1, 0.15) is 33.6 Å². The topological polar surface area (TPSA) is 41.1 Å². The predicted octanol–water partition coefficient (Wildman–Crippen LogP) is 3.69. The Labute approximate surface area is 122 Å². The molecule has 1 amide bonds. The molecule has 0 bridgehead atoms. The van der Waals surface area contributed by atoms with Gasteiger partial charge in [-0.25, -0.2) is 4.39 Å². The van der Waals surface area contributed by atoms with Gasteiger partial charge in [0.05, 0.1) is 5.69 Å². The molecule has 0 aliphatic carbocycles. The quantitative estimate of drug-likeness (QED) is 0.835. The second-order valence-electron chi connectivity index (χ2n) is 4.51. The highest BCUT2D eigenvalue weighted by molar-refractivity contribution is 9.10. The zero-order chi connectivity index (χ0) is 14.4. The van der Waals surface area contributed by atoms with Crippen LogP contribution in [-0.2, 0) is 4.79 Å². The minimum atomic E-state index is -0.482. The molecule has 0 radical (unpaired) electrons. The summed E-state index contributed by atoms with van der Waals surface area (Å²) in [5, 5.41) is 5.82. The third-order valence-corrected chi connectivity index (χ3v) is 3.52. The van der Waals surface area contributed by atoms with E-state index < -0.39 is 6.04 Å². The van der Waals surface area contributed by atoms with Gasteiger partial charge in [0.1, 0.15) is 11.9 Å². The maximum atomic E-state index is 13.6. The SMILES string of the molecule is CCC(CC)NC(=O)C(C)Nc1cc(Br)ccc1F. The lowest BCUT2D eigenvalue weighted by atomic mass is 10.1. The molecule has 0 heterocycles. The number of hydrogen-bond donors (Lipinski definition) is 2. The summed E-state index contributed by atoms with van der Waals surface area (Å²) in [6, 6.07) is 4.29. The summed E-state index contributed by atoms with van der Waals surface area (Å²) in [4.78, 5) is 12.0. The molecule has 1 unspecified atom stereocenters. The third-order valence-electron chi connectivity index (χ3n) is 3.03. The van der Waals surface area contributed by atoms with Crippen LogP contribution in [0.2, 0.25) is 0 Å². The van der Waals surface area contributed by atoms with Gasteiger partial charge in [-0.2, -0.15) is 0 Å². The number of hydrogen-bond acceptors (Lipinski definition) is 2. The van der Waals surface area contributed by atoms with Crippen molar-refractivity contribution in [1.29, 1.82) is 0 Å². The van der Waals surface area contributed by atoms with E-state index in [1.807, 2.05) is 13.8 Å². The number of benzene rings is 1. The second-order valence-corrected chi connectivity index (χ2v) is 5.43. The first-order valence-corrected chi connectivity index (χ1v) is 7.29. The minimum Gasteiger partial charge on any atom is -0.371 e. The van der Waals surface area contributed by atoms with Crippen molar-refractivity contribution >= 4 is 27.5 Å². The van der Waals surface area contributed by atoms with Crippen molar-refractivity contribution in [3.05, 3.63) is 28.5 Å². The molecule has 1 rings (SSSR count). The highest BCUT2D eigenvalue weighted by atomic mass is 79.9. The first-order valence-electron chi connectivity index (χ1n) is 6.49. The van der Waals surface area contributed by atoms with Crippen molar-refractivity contribution in [2.45, 2.75) is 45.7 Å². The van der Waals surface area contributed by atoms with E-state index >= 15 is 0 Å². The highest BCUT2D eigenvalue weighted by Crippen LogP contribution is 2.20. The molecule has 1 aromatic carbocycles.